The molecule has 0 spiro atoms. The third-order valence-electron chi connectivity index (χ3n) is 2.05. The normalized spacial score (nSPS) is 12.4. The van der Waals surface area contributed by atoms with E-state index in [1.165, 1.54) is 0 Å². The Bertz CT molecular complexity index is 175. The number of nitrogens with two attached hydrogens (primary N) is 1. The molecule has 0 bridgehead atoms. The molecule has 96 valence electrons. The van der Waals surface area contributed by atoms with Crippen LogP contribution in [0.4, 0.5) is 0 Å². The van der Waals surface area contributed by atoms with Crippen molar-refractivity contribution in [2.75, 3.05) is 40.1 Å². The lowest BCUT2D eigenvalue weighted by Gasteiger charge is -2.08. The molecule has 0 radical (unpaired) electrons. The predicted octanol–water partition coefficient (Wildman–Crippen LogP) is 0.568. The zero-order chi connectivity index (χ0) is 12.2. The van der Waals surface area contributed by atoms with Gasteiger partial charge in [0.15, 0.2) is 0 Å². The summed E-state index contributed by atoms with van der Waals surface area (Å²) in [5.74, 6) is -0.0337. The summed E-state index contributed by atoms with van der Waals surface area (Å²) in [7, 11) is 1.65. The summed E-state index contributed by atoms with van der Waals surface area (Å²) in [4.78, 5) is 11.2. The maximum atomic E-state index is 11.2. The van der Waals surface area contributed by atoms with Crippen LogP contribution < -0.4 is 5.73 Å². The molecule has 16 heavy (non-hydrogen) atoms. The van der Waals surface area contributed by atoms with Crippen LogP contribution in [0.15, 0.2) is 0 Å². The van der Waals surface area contributed by atoms with Gasteiger partial charge < -0.3 is 19.9 Å². The number of ether oxygens (including phenoxy) is 3. The van der Waals surface area contributed by atoms with Crippen molar-refractivity contribution < 1.29 is 19.0 Å². The van der Waals surface area contributed by atoms with E-state index in [9.17, 15) is 4.79 Å². The highest BCUT2D eigenvalue weighted by Crippen LogP contribution is 2.00. The largest absolute Gasteiger partial charge is 0.463 e. The lowest BCUT2D eigenvalue weighted by atomic mass is 10.1. The minimum atomic E-state index is -0.210. The Balaban J connectivity index is 3.21. The Morgan fingerprint density at radius 2 is 2.00 bits per heavy atom. The summed E-state index contributed by atoms with van der Waals surface area (Å²) in [5, 5.41) is 0. The first-order valence-corrected chi connectivity index (χ1v) is 5.63. The van der Waals surface area contributed by atoms with Crippen LogP contribution >= 0.6 is 0 Å². The molecular weight excluding hydrogens is 210 g/mol. The van der Waals surface area contributed by atoms with Gasteiger partial charge in [-0.15, -0.1) is 0 Å². The maximum absolute atomic E-state index is 11.2. The van der Waals surface area contributed by atoms with Gasteiger partial charge in [-0.2, -0.15) is 0 Å². The van der Waals surface area contributed by atoms with E-state index in [1.807, 2.05) is 6.92 Å². The second kappa shape index (κ2) is 10.9. The zero-order valence-corrected chi connectivity index (χ0v) is 10.2. The molecule has 0 aromatic heterocycles. The van der Waals surface area contributed by atoms with Gasteiger partial charge in [0.25, 0.3) is 0 Å². The van der Waals surface area contributed by atoms with Gasteiger partial charge in [0.2, 0.25) is 0 Å². The van der Waals surface area contributed by atoms with E-state index in [2.05, 4.69) is 0 Å². The number of carbonyl (C=O) groups excluding carboxylic acids is 1. The fourth-order valence-corrected chi connectivity index (χ4v) is 1.05. The van der Waals surface area contributed by atoms with E-state index >= 15 is 0 Å². The molecule has 1 unspecified atom stereocenters. The minimum Gasteiger partial charge on any atom is -0.463 e. The summed E-state index contributed by atoms with van der Waals surface area (Å²) in [5.41, 5.74) is 5.40. The Morgan fingerprint density at radius 1 is 1.25 bits per heavy atom. The van der Waals surface area contributed by atoms with Crippen LogP contribution in [0.1, 0.15) is 19.8 Å². The summed E-state index contributed by atoms with van der Waals surface area (Å²) in [6.07, 6.45) is 1.23. The van der Waals surface area contributed by atoms with Crippen molar-refractivity contribution in [1.29, 1.82) is 0 Å². The van der Waals surface area contributed by atoms with Gasteiger partial charge in [0, 0.05) is 26.7 Å². The summed E-state index contributed by atoms with van der Waals surface area (Å²) >= 11 is 0. The second-order valence-corrected chi connectivity index (χ2v) is 3.72. The predicted molar refractivity (Wildman–Crippen MR) is 61.1 cm³/mol. The fraction of sp³-hybridized carbons (Fsp3) is 0.909. The Hall–Kier alpha value is -0.650. The SMILES string of the molecule is COCCCOCCOC(=O)CC(C)CN. The molecule has 0 rings (SSSR count). The van der Waals surface area contributed by atoms with E-state index in [0.29, 0.717) is 39.4 Å². The van der Waals surface area contributed by atoms with Gasteiger partial charge in [-0.3, -0.25) is 4.79 Å². The monoisotopic (exact) mass is 233 g/mol. The van der Waals surface area contributed by atoms with Crippen molar-refractivity contribution in [3.8, 4) is 0 Å². The molecule has 5 heteroatoms. The highest BCUT2D eigenvalue weighted by atomic mass is 16.6. The third-order valence-corrected chi connectivity index (χ3v) is 2.05. The van der Waals surface area contributed by atoms with Crippen molar-refractivity contribution in [1.82, 2.24) is 0 Å². The number of hydrogen-bond acceptors (Lipinski definition) is 5. The van der Waals surface area contributed by atoms with E-state index in [1.54, 1.807) is 7.11 Å². The average Bonchev–Trinajstić information content (AvgIpc) is 2.27. The Kier molecular flexibility index (Phi) is 10.4. The molecule has 5 nitrogen and oxygen atoms in total. The Labute approximate surface area is 97.2 Å². The topological polar surface area (TPSA) is 70.8 Å². The van der Waals surface area contributed by atoms with Crippen molar-refractivity contribution in [2.45, 2.75) is 19.8 Å². The molecule has 0 aromatic carbocycles. The average molecular weight is 233 g/mol. The van der Waals surface area contributed by atoms with Crippen molar-refractivity contribution in [3.05, 3.63) is 0 Å². The third kappa shape index (κ3) is 9.89. The summed E-state index contributed by atoms with van der Waals surface area (Å²) in [6, 6.07) is 0. The van der Waals surface area contributed by atoms with Gasteiger partial charge in [-0.05, 0) is 18.9 Å². The van der Waals surface area contributed by atoms with Gasteiger partial charge >= 0.3 is 5.97 Å². The van der Waals surface area contributed by atoms with Crippen molar-refractivity contribution in [2.24, 2.45) is 11.7 Å². The van der Waals surface area contributed by atoms with Crippen LogP contribution in [-0.2, 0) is 19.0 Å². The van der Waals surface area contributed by atoms with E-state index < -0.39 is 0 Å². The molecule has 0 aromatic rings. The Morgan fingerprint density at radius 3 is 2.62 bits per heavy atom. The molecule has 0 saturated heterocycles. The standard InChI is InChI=1S/C11H23NO4/c1-10(9-12)8-11(13)16-7-6-15-5-3-4-14-2/h10H,3-9,12H2,1-2H3. The highest BCUT2D eigenvalue weighted by Gasteiger charge is 2.08. The van der Waals surface area contributed by atoms with Crippen molar-refractivity contribution >= 4 is 5.97 Å². The van der Waals surface area contributed by atoms with Crippen LogP contribution in [0.2, 0.25) is 0 Å². The van der Waals surface area contributed by atoms with Gasteiger partial charge in [0.1, 0.15) is 6.61 Å². The van der Waals surface area contributed by atoms with Gasteiger partial charge in [-0.25, -0.2) is 0 Å². The van der Waals surface area contributed by atoms with E-state index in [4.69, 9.17) is 19.9 Å². The maximum Gasteiger partial charge on any atom is 0.306 e. The molecule has 0 aliphatic carbocycles. The summed E-state index contributed by atoms with van der Waals surface area (Å²) < 4.78 is 15.1. The number of hydrogen-bond donors (Lipinski definition) is 1. The number of carbonyl (C=O) groups is 1. The van der Waals surface area contributed by atoms with Crippen LogP contribution in [0.5, 0.6) is 0 Å². The highest BCUT2D eigenvalue weighted by molar-refractivity contribution is 5.69. The first-order valence-electron chi connectivity index (χ1n) is 5.63. The fourth-order valence-electron chi connectivity index (χ4n) is 1.05. The van der Waals surface area contributed by atoms with Gasteiger partial charge in [-0.1, -0.05) is 6.92 Å². The van der Waals surface area contributed by atoms with Crippen LogP contribution in [0.3, 0.4) is 0 Å². The lowest BCUT2D eigenvalue weighted by molar-refractivity contribution is -0.146. The van der Waals surface area contributed by atoms with Crippen LogP contribution in [0.25, 0.3) is 0 Å². The zero-order valence-electron chi connectivity index (χ0n) is 10.2. The number of esters is 1. The van der Waals surface area contributed by atoms with E-state index in [0.717, 1.165) is 6.42 Å². The molecule has 0 fully saturated rings. The summed E-state index contributed by atoms with van der Waals surface area (Å²) in [6.45, 7) is 4.49. The molecule has 0 aliphatic heterocycles. The molecule has 0 amide bonds. The van der Waals surface area contributed by atoms with Crippen LogP contribution in [0, 0.1) is 5.92 Å². The first-order chi connectivity index (χ1) is 7.70. The first kappa shape index (κ1) is 15.3. The number of methoxy groups -OCH3 is 1. The molecular formula is C11H23NO4. The molecule has 0 aliphatic rings. The minimum absolute atomic E-state index is 0.176. The molecule has 0 heterocycles. The smallest absolute Gasteiger partial charge is 0.306 e. The molecule has 0 saturated carbocycles. The van der Waals surface area contributed by atoms with E-state index in [-0.39, 0.29) is 11.9 Å². The van der Waals surface area contributed by atoms with Crippen molar-refractivity contribution in [3.63, 3.8) is 0 Å². The lowest BCUT2D eigenvalue weighted by Crippen LogP contribution is -2.18. The molecule has 2 N–H and O–H groups in total. The number of rotatable bonds is 10. The second-order valence-electron chi connectivity index (χ2n) is 3.72. The van der Waals surface area contributed by atoms with Gasteiger partial charge in [0.05, 0.1) is 6.61 Å². The van der Waals surface area contributed by atoms with Crippen LogP contribution in [-0.4, -0.2) is 46.1 Å². The quantitative estimate of drug-likeness (QED) is 0.441. The molecule has 1 atom stereocenters.